The van der Waals surface area contributed by atoms with Gasteiger partial charge in [0.25, 0.3) is 11.8 Å². The number of fused-ring (bicyclic) bond motifs is 2. The quantitative estimate of drug-likeness (QED) is 0.118. The Balaban J connectivity index is 1.17. The van der Waals surface area contributed by atoms with Crippen molar-refractivity contribution in [2.75, 3.05) is 28.7 Å². The molecule has 0 bridgehead atoms. The van der Waals surface area contributed by atoms with Gasteiger partial charge in [-0.05, 0) is 83.0 Å². The molecule has 6 aromatic rings. The molecule has 16 nitrogen and oxygen atoms in total. The number of carbonyl (C=O) groups excluding carboxylic acids is 4. The van der Waals surface area contributed by atoms with E-state index >= 15 is 0 Å². The fraction of sp³-hybridized carbons (Fsp3) is 0.333. The average molecular weight is 705 g/mol. The van der Waals surface area contributed by atoms with Gasteiger partial charge in [-0.1, -0.05) is 6.07 Å². The molecule has 2 aromatic carbocycles. The molecule has 52 heavy (non-hydrogen) atoms. The lowest BCUT2D eigenvalue weighted by Gasteiger charge is -2.15. The van der Waals surface area contributed by atoms with Crippen LogP contribution in [0.4, 0.5) is 17.6 Å². The maximum absolute atomic E-state index is 13.6. The monoisotopic (exact) mass is 704 g/mol. The van der Waals surface area contributed by atoms with E-state index in [0.29, 0.717) is 91.3 Å². The van der Waals surface area contributed by atoms with E-state index in [1.807, 2.05) is 61.1 Å². The van der Waals surface area contributed by atoms with Crippen LogP contribution in [0, 0.1) is 13.8 Å². The van der Waals surface area contributed by atoms with Gasteiger partial charge in [0, 0.05) is 31.7 Å². The Bertz CT molecular complexity index is 2350. The average Bonchev–Trinajstić information content (AvgIpc) is 3.96. The highest BCUT2D eigenvalue weighted by atomic mass is 16.2. The Hall–Kier alpha value is -6.16. The highest BCUT2D eigenvalue weighted by Crippen LogP contribution is 2.31. The van der Waals surface area contributed by atoms with Gasteiger partial charge < -0.3 is 9.13 Å². The van der Waals surface area contributed by atoms with Crippen LogP contribution in [0.5, 0.6) is 0 Å². The van der Waals surface area contributed by atoms with Gasteiger partial charge in [-0.3, -0.25) is 49.4 Å². The van der Waals surface area contributed by atoms with Gasteiger partial charge in [-0.15, -0.1) is 0 Å². The van der Waals surface area contributed by atoms with Gasteiger partial charge in [-0.25, -0.2) is 9.97 Å². The fourth-order valence-corrected chi connectivity index (χ4v) is 6.70. The first-order chi connectivity index (χ1) is 25.2. The van der Waals surface area contributed by atoms with Gasteiger partial charge in [0.2, 0.25) is 17.8 Å². The molecular formula is C36H40N12O4. The van der Waals surface area contributed by atoms with Crippen molar-refractivity contribution in [2.24, 2.45) is 0 Å². The number of anilines is 3. The number of amides is 3. The van der Waals surface area contributed by atoms with Gasteiger partial charge in [0.05, 0.1) is 46.8 Å². The van der Waals surface area contributed by atoms with Crippen molar-refractivity contribution < 1.29 is 19.2 Å². The SMILES string of the molecule is CCn1nc(C)cc1C(=O)Nc1nc2cc(C=O)ccc2n1CCCCn1c(NC(=O)c2cc(C)nn2CC)nc2c(N3CNCC3=O)cccc21. The number of unbranched alkanes of at least 4 members (excludes halogenated alkanes) is 1. The number of hydrogen-bond donors (Lipinski definition) is 3. The van der Waals surface area contributed by atoms with Gasteiger partial charge in [0.15, 0.2) is 0 Å². The number of rotatable bonds is 13. The van der Waals surface area contributed by atoms with Crippen LogP contribution in [0.2, 0.25) is 0 Å². The fourth-order valence-electron chi connectivity index (χ4n) is 6.70. The lowest BCUT2D eigenvalue weighted by Crippen LogP contribution is -2.25. The van der Waals surface area contributed by atoms with E-state index in [4.69, 9.17) is 9.97 Å². The van der Waals surface area contributed by atoms with Crippen molar-refractivity contribution in [1.82, 2.24) is 44.0 Å². The molecule has 0 saturated carbocycles. The minimum Gasteiger partial charge on any atom is -0.310 e. The predicted octanol–water partition coefficient (Wildman–Crippen LogP) is 4.13. The molecule has 3 N–H and O–H groups in total. The summed E-state index contributed by atoms with van der Waals surface area (Å²) in [5, 5.41) is 17.9. The van der Waals surface area contributed by atoms with E-state index in [1.165, 1.54) is 0 Å². The predicted molar refractivity (Wildman–Crippen MR) is 196 cm³/mol. The number of nitrogens with zero attached hydrogens (tertiary/aromatic N) is 9. The minimum atomic E-state index is -0.334. The summed E-state index contributed by atoms with van der Waals surface area (Å²) in [5.74, 6) is 0.00162. The van der Waals surface area contributed by atoms with Crippen LogP contribution < -0.4 is 20.9 Å². The smallest absolute Gasteiger partial charge is 0.276 e. The summed E-state index contributed by atoms with van der Waals surface area (Å²) in [4.78, 5) is 62.5. The lowest BCUT2D eigenvalue weighted by molar-refractivity contribution is -0.116. The zero-order chi connectivity index (χ0) is 36.5. The Morgan fingerprint density at radius 1 is 0.827 bits per heavy atom. The molecule has 0 radical (unpaired) electrons. The number of carbonyl (C=O) groups is 4. The van der Waals surface area contributed by atoms with Crippen molar-refractivity contribution in [2.45, 2.75) is 66.7 Å². The minimum absolute atomic E-state index is 0.0556. The molecule has 5 heterocycles. The van der Waals surface area contributed by atoms with Crippen LogP contribution in [-0.2, 0) is 31.0 Å². The molecule has 7 rings (SSSR count). The number of aryl methyl sites for hydroxylation is 6. The third-order valence-corrected chi connectivity index (χ3v) is 9.14. The molecule has 1 aliphatic rings. The number of benzene rings is 2. The topological polar surface area (TPSA) is 179 Å². The van der Waals surface area contributed by atoms with Gasteiger partial charge in [0.1, 0.15) is 23.2 Å². The maximum atomic E-state index is 13.6. The van der Waals surface area contributed by atoms with Crippen molar-refractivity contribution in [3.05, 3.63) is 76.9 Å². The Kier molecular flexibility index (Phi) is 9.38. The molecule has 1 fully saturated rings. The highest BCUT2D eigenvalue weighted by molar-refractivity contribution is 6.06. The van der Waals surface area contributed by atoms with E-state index in [9.17, 15) is 19.2 Å². The molecule has 0 spiro atoms. The second-order valence-electron chi connectivity index (χ2n) is 12.7. The van der Waals surface area contributed by atoms with E-state index < -0.39 is 0 Å². The molecule has 0 aliphatic carbocycles. The van der Waals surface area contributed by atoms with E-state index in [0.717, 1.165) is 28.7 Å². The van der Waals surface area contributed by atoms with Crippen molar-refractivity contribution in [1.29, 1.82) is 0 Å². The van der Waals surface area contributed by atoms with Crippen molar-refractivity contribution in [3.63, 3.8) is 0 Å². The molecular weight excluding hydrogens is 664 g/mol. The van der Waals surface area contributed by atoms with Gasteiger partial charge >= 0.3 is 0 Å². The van der Waals surface area contributed by atoms with E-state index in [1.54, 1.807) is 38.5 Å². The van der Waals surface area contributed by atoms with Crippen LogP contribution in [0.25, 0.3) is 22.1 Å². The number of imidazole rings is 2. The van der Waals surface area contributed by atoms with Crippen molar-refractivity contribution >= 4 is 63.7 Å². The summed E-state index contributed by atoms with van der Waals surface area (Å²) < 4.78 is 7.20. The lowest BCUT2D eigenvalue weighted by atomic mass is 10.2. The molecule has 3 amide bonds. The summed E-state index contributed by atoms with van der Waals surface area (Å²) in [6.07, 6.45) is 2.10. The maximum Gasteiger partial charge on any atom is 0.276 e. The summed E-state index contributed by atoms with van der Waals surface area (Å²) in [5.41, 5.74) is 6.22. The summed E-state index contributed by atoms with van der Waals surface area (Å²) >= 11 is 0. The number of nitrogens with one attached hydrogen (secondary N) is 3. The van der Waals surface area contributed by atoms with Crippen LogP contribution in [0.3, 0.4) is 0 Å². The van der Waals surface area contributed by atoms with Crippen LogP contribution in [-0.4, -0.2) is 75.9 Å². The van der Waals surface area contributed by atoms with Crippen LogP contribution in [0.15, 0.2) is 48.5 Å². The van der Waals surface area contributed by atoms with E-state index in [-0.39, 0.29) is 24.3 Å². The number of aldehydes is 1. The normalized spacial score (nSPS) is 13.1. The third kappa shape index (κ3) is 6.43. The zero-order valence-corrected chi connectivity index (χ0v) is 29.5. The molecule has 1 saturated heterocycles. The Morgan fingerprint density at radius 2 is 1.44 bits per heavy atom. The largest absolute Gasteiger partial charge is 0.310 e. The van der Waals surface area contributed by atoms with Crippen molar-refractivity contribution in [3.8, 4) is 0 Å². The molecule has 1 aliphatic heterocycles. The van der Waals surface area contributed by atoms with Crippen LogP contribution in [0.1, 0.15) is 69.4 Å². The summed E-state index contributed by atoms with van der Waals surface area (Å²) in [6, 6.07) is 14.4. The zero-order valence-electron chi connectivity index (χ0n) is 29.5. The van der Waals surface area contributed by atoms with Gasteiger partial charge in [-0.2, -0.15) is 10.2 Å². The highest BCUT2D eigenvalue weighted by Gasteiger charge is 2.26. The number of para-hydroxylation sites is 1. The summed E-state index contributed by atoms with van der Waals surface area (Å²) in [7, 11) is 0. The molecule has 0 atom stereocenters. The number of hydrogen-bond acceptors (Lipinski definition) is 9. The first-order valence-electron chi connectivity index (χ1n) is 17.4. The third-order valence-electron chi connectivity index (χ3n) is 9.14. The standard InChI is InChI=1S/C36H40N12O4/c1-5-47-29(16-22(3)42-47)33(51)40-35-38-25-18-24(20-49)12-13-26(25)44(35)14-7-8-15-45-27-10-9-11-28(46-21-37-19-31(46)50)32(27)39-36(45)41-34(52)30-17-23(4)43-48(30)6-2/h9-13,16-18,20,37H,5-8,14-15,19,21H2,1-4H3,(H,38,40,51)(H,39,41,52). The molecule has 16 heteroatoms. The number of aromatic nitrogens is 8. The first kappa shape index (κ1) is 34.3. The second kappa shape index (κ2) is 14.2. The first-order valence-corrected chi connectivity index (χ1v) is 17.4. The summed E-state index contributed by atoms with van der Waals surface area (Å²) in [6.45, 7) is 10.2. The molecule has 0 unspecified atom stereocenters. The molecule has 4 aromatic heterocycles. The molecule has 268 valence electrons. The Morgan fingerprint density at radius 3 is 2.02 bits per heavy atom. The van der Waals surface area contributed by atoms with E-state index in [2.05, 4.69) is 26.1 Å². The second-order valence-corrected chi connectivity index (χ2v) is 12.7. The Labute approximate surface area is 298 Å². The van der Waals surface area contributed by atoms with Crippen LogP contribution >= 0.6 is 0 Å².